The van der Waals surface area contributed by atoms with E-state index >= 15 is 0 Å². The Bertz CT molecular complexity index is 874. The fraction of sp³-hybridized carbons (Fsp3) is 0.167. The van der Waals surface area contributed by atoms with Crippen LogP contribution in [0.25, 0.3) is 10.2 Å². The van der Waals surface area contributed by atoms with E-state index in [4.69, 9.17) is 4.74 Å². The van der Waals surface area contributed by atoms with Gasteiger partial charge in [0.1, 0.15) is 11.8 Å². The number of hydrogen-bond acceptors (Lipinski definition) is 6. The Labute approximate surface area is 149 Å². The molecule has 7 heteroatoms. The number of rotatable bonds is 6. The Hall–Kier alpha value is -2.93. The number of ether oxygens (including phenoxy) is 1. The van der Waals surface area contributed by atoms with Gasteiger partial charge in [0.05, 0.1) is 23.5 Å². The maximum atomic E-state index is 12.1. The molecule has 0 aliphatic heterocycles. The highest BCUT2D eigenvalue weighted by Gasteiger charge is 2.14. The average Bonchev–Trinajstić information content (AvgIpc) is 3.04. The van der Waals surface area contributed by atoms with Crippen LogP contribution < -0.4 is 15.5 Å². The van der Waals surface area contributed by atoms with Gasteiger partial charge in [0.25, 0.3) is 5.91 Å². The molecule has 0 aliphatic rings. The average molecular weight is 354 g/mol. The van der Waals surface area contributed by atoms with Crippen LogP contribution in [0.15, 0.2) is 53.6 Å². The molecular formula is C18H18N4O2S. The van der Waals surface area contributed by atoms with E-state index < -0.39 is 6.04 Å². The number of methoxy groups -OCH3 is 1. The third kappa shape index (κ3) is 4.33. The van der Waals surface area contributed by atoms with Gasteiger partial charge in [0.15, 0.2) is 5.13 Å². The van der Waals surface area contributed by atoms with E-state index in [-0.39, 0.29) is 5.91 Å². The van der Waals surface area contributed by atoms with E-state index in [0.717, 1.165) is 21.5 Å². The molecule has 2 N–H and O–H groups in total. The monoisotopic (exact) mass is 354 g/mol. The first-order valence-corrected chi connectivity index (χ1v) is 8.56. The van der Waals surface area contributed by atoms with Crippen molar-refractivity contribution in [1.82, 2.24) is 10.4 Å². The molecule has 0 saturated heterocycles. The van der Waals surface area contributed by atoms with Crippen LogP contribution in [0.3, 0.4) is 0 Å². The van der Waals surface area contributed by atoms with Crippen molar-refractivity contribution in [3.05, 3.63) is 54.1 Å². The van der Waals surface area contributed by atoms with E-state index in [1.807, 2.05) is 48.5 Å². The minimum atomic E-state index is -0.456. The van der Waals surface area contributed by atoms with Crippen LogP contribution in [0.1, 0.15) is 12.5 Å². The molecule has 6 nitrogen and oxygen atoms in total. The lowest BCUT2D eigenvalue weighted by Gasteiger charge is -2.10. The zero-order chi connectivity index (χ0) is 17.6. The van der Waals surface area contributed by atoms with Gasteiger partial charge in [0.2, 0.25) is 0 Å². The SMILES string of the molecule is COc1cccc(/C=N\NC(=O)[C@H](C)Nc2nc3ccccc3s2)c1. The summed E-state index contributed by atoms with van der Waals surface area (Å²) in [5.41, 5.74) is 4.28. The van der Waals surface area contributed by atoms with Crippen molar-refractivity contribution in [3.8, 4) is 5.75 Å². The molecule has 3 aromatic rings. The van der Waals surface area contributed by atoms with Gasteiger partial charge in [-0.05, 0) is 36.8 Å². The summed E-state index contributed by atoms with van der Waals surface area (Å²) in [4.78, 5) is 16.6. The summed E-state index contributed by atoms with van der Waals surface area (Å²) < 4.78 is 6.22. The van der Waals surface area contributed by atoms with Crippen LogP contribution in [0.2, 0.25) is 0 Å². The van der Waals surface area contributed by atoms with Crippen molar-refractivity contribution < 1.29 is 9.53 Å². The minimum Gasteiger partial charge on any atom is -0.497 e. The van der Waals surface area contributed by atoms with Crippen LogP contribution >= 0.6 is 11.3 Å². The first kappa shape index (κ1) is 16.9. The molecule has 0 unspecified atom stereocenters. The van der Waals surface area contributed by atoms with Gasteiger partial charge < -0.3 is 10.1 Å². The molecule has 0 radical (unpaired) electrons. The molecule has 1 amide bonds. The highest BCUT2D eigenvalue weighted by Crippen LogP contribution is 2.25. The van der Waals surface area contributed by atoms with E-state index in [1.54, 1.807) is 20.2 Å². The van der Waals surface area contributed by atoms with Crippen LogP contribution in [0.4, 0.5) is 5.13 Å². The number of fused-ring (bicyclic) bond motifs is 1. The fourth-order valence-corrected chi connectivity index (χ4v) is 3.13. The van der Waals surface area contributed by atoms with E-state index in [2.05, 4.69) is 20.8 Å². The smallest absolute Gasteiger partial charge is 0.262 e. The lowest BCUT2D eigenvalue weighted by Crippen LogP contribution is -2.34. The van der Waals surface area contributed by atoms with Gasteiger partial charge in [-0.3, -0.25) is 4.79 Å². The zero-order valence-electron chi connectivity index (χ0n) is 13.9. The van der Waals surface area contributed by atoms with Crippen molar-refractivity contribution in [2.75, 3.05) is 12.4 Å². The molecule has 25 heavy (non-hydrogen) atoms. The molecule has 0 saturated carbocycles. The summed E-state index contributed by atoms with van der Waals surface area (Å²) in [6.07, 6.45) is 1.57. The van der Waals surface area contributed by atoms with Crippen LogP contribution in [0.5, 0.6) is 5.75 Å². The third-order valence-electron chi connectivity index (χ3n) is 3.51. The Balaban J connectivity index is 1.57. The molecule has 1 heterocycles. The number of benzene rings is 2. The van der Waals surface area contributed by atoms with Crippen LogP contribution in [0, 0.1) is 0 Å². The number of hydrogen-bond donors (Lipinski definition) is 2. The molecule has 0 fully saturated rings. The molecule has 0 bridgehead atoms. The number of hydrazone groups is 1. The van der Waals surface area contributed by atoms with Gasteiger partial charge in [-0.1, -0.05) is 35.6 Å². The topological polar surface area (TPSA) is 75.6 Å². The Morgan fingerprint density at radius 3 is 2.92 bits per heavy atom. The highest BCUT2D eigenvalue weighted by atomic mass is 32.1. The van der Waals surface area contributed by atoms with Gasteiger partial charge in [0, 0.05) is 0 Å². The number of nitrogens with one attached hydrogen (secondary N) is 2. The lowest BCUT2D eigenvalue weighted by atomic mass is 10.2. The summed E-state index contributed by atoms with van der Waals surface area (Å²) in [5.74, 6) is 0.500. The lowest BCUT2D eigenvalue weighted by molar-refractivity contribution is -0.121. The highest BCUT2D eigenvalue weighted by molar-refractivity contribution is 7.22. The maximum Gasteiger partial charge on any atom is 0.262 e. The first-order valence-electron chi connectivity index (χ1n) is 7.75. The van der Waals surface area contributed by atoms with Crippen molar-refractivity contribution in [1.29, 1.82) is 0 Å². The number of anilines is 1. The summed E-state index contributed by atoms with van der Waals surface area (Å²) in [6, 6.07) is 14.8. The summed E-state index contributed by atoms with van der Waals surface area (Å²) in [6.45, 7) is 1.77. The summed E-state index contributed by atoms with van der Waals surface area (Å²) >= 11 is 1.51. The minimum absolute atomic E-state index is 0.238. The number of para-hydroxylation sites is 1. The van der Waals surface area contributed by atoms with Gasteiger partial charge in [-0.2, -0.15) is 5.10 Å². The number of amides is 1. The number of nitrogens with zero attached hydrogens (tertiary/aromatic N) is 2. The second-order valence-electron chi connectivity index (χ2n) is 5.36. The maximum absolute atomic E-state index is 12.1. The largest absolute Gasteiger partial charge is 0.497 e. The molecule has 0 spiro atoms. The van der Waals surface area contributed by atoms with Gasteiger partial charge in [-0.15, -0.1) is 0 Å². The predicted molar refractivity (Wildman–Crippen MR) is 101 cm³/mol. The van der Waals surface area contributed by atoms with Gasteiger partial charge in [-0.25, -0.2) is 10.4 Å². The molecular weight excluding hydrogens is 336 g/mol. The van der Waals surface area contributed by atoms with Crippen LogP contribution in [-0.2, 0) is 4.79 Å². The number of carbonyl (C=O) groups excluding carboxylic acids is 1. The van der Waals surface area contributed by atoms with Crippen molar-refractivity contribution in [2.45, 2.75) is 13.0 Å². The summed E-state index contributed by atoms with van der Waals surface area (Å²) in [7, 11) is 1.60. The van der Waals surface area contributed by atoms with E-state index in [9.17, 15) is 4.79 Å². The molecule has 0 aliphatic carbocycles. The Kier molecular flexibility index (Phi) is 5.25. The predicted octanol–water partition coefficient (Wildman–Crippen LogP) is 3.26. The molecule has 1 aromatic heterocycles. The summed E-state index contributed by atoms with van der Waals surface area (Å²) in [5, 5.41) is 7.79. The molecule has 128 valence electrons. The standard InChI is InChI=1S/C18H18N4O2S/c1-12(20-18-21-15-8-3-4-9-16(15)25-18)17(23)22-19-11-13-6-5-7-14(10-13)24-2/h3-12H,1-2H3,(H,20,21)(H,22,23)/b19-11-/t12-/m0/s1. The van der Waals surface area contributed by atoms with E-state index in [1.165, 1.54) is 11.3 Å². The second-order valence-corrected chi connectivity index (χ2v) is 6.39. The number of carbonyl (C=O) groups is 1. The quantitative estimate of drug-likeness (QED) is 0.526. The van der Waals surface area contributed by atoms with Crippen molar-refractivity contribution in [2.24, 2.45) is 5.10 Å². The van der Waals surface area contributed by atoms with Crippen molar-refractivity contribution in [3.63, 3.8) is 0 Å². The molecule has 1 atom stereocenters. The number of aromatic nitrogens is 1. The van der Waals surface area contributed by atoms with Gasteiger partial charge >= 0.3 is 0 Å². The zero-order valence-corrected chi connectivity index (χ0v) is 14.7. The molecule has 3 rings (SSSR count). The fourth-order valence-electron chi connectivity index (χ4n) is 2.17. The normalized spacial score (nSPS) is 12.2. The van der Waals surface area contributed by atoms with Crippen molar-refractivity contribution >= 4 is 38.8 Å². The second kappa shape index (κ2) is 7.76. The third-order valence-corrected chi connectivity index (χ3v) is 4.48. The Morgan fingerprint density at radius 1 is 1.28 bits per heavy atom. The first-order chi connectivity index (χ1) is 12.2. The van der Waals surface area contributed by atoms with E-state index in [0.29, 0.717) is 5.13 Å². The van der Waals surface area contributed by atoms with Crippen LogP contribution in [-0.4, -0.2) is 30.3 Å². The number of thiazole rings is 1. The Morgan fingerprint density at radius 2 is 2.12 bits per heavy atom. The molecule has 2 aromatic carbocycles.